The fourth-order valence-corrected chi connectivity index (χ4v) is 3.02. The van der Waals surface area contributed by atoms with E-state index in [9.17, 15) is 9.59 Å². The predicted molar refractivity (Wildman–Crippen MR) is 105 cm³/mol. The number of anilines is 2. The van der Waals surface area contributed by atoms with E-state index in [4.69, 9.17) is 9.47 Å². The van der Waals surface area contributed by atoms with E-state index in [1.165, 1.54) is 5.56 Å². The third-order valence-electron chi connectivity index (χ3n) is 4.62. The third-order valence-corrected chi connectivity index (χ3v) is 4.62. The number of hydrogen-bond acceptors (Lipinski definition) is 4. The molecule has 6 nitrogen and oxygen atoms in total. The third kappa shape index (κ3) is 4.58. The van der Waals surface area contributed by atoms with Crippen molar-refractivity contribution in [2.45, 2.75) is 25.7 Å². The molecule has 0 saturated heterocycles. The van der Waals surface area contributed by atoms with Crippen molar-refractivity contribution in [2.24, 2.45) is 0 Å². The van der Waals surface area contributed by atoms with E-state index in [-0.39, 0.29) is 18.4 Å². The van der Waals surface area contributed by atoms with Crippen LogP contribution in [0.3, 0.4) is 0 Å². The van der Waals surface area contributed by atoms with Gasteiger partial charge in [-0.1, -0.05) is 18.2 Å². The summed E-state index contributed by atoms with van der Waals surface area (Å²) in [6.07, 6.45) is 3.09. The first-order valence-corrected chi connectivity index (χ1v) is 9.03. The van der Waals surface area contributed by atoms with Crippen LogP contribution >= 0.6 is 0 Å². The molecule has 0 aliphatic carbocycles. The molecule has 2 amide bonds. The summed E-state index contributed by atoms with van der Waals surface area (Å²) in [5.74, 6) is 1.23. The van der Waals surface area contributed by atoms with Crippen LogP contribution in [0.15, 0.2) is 42.5 Å². The number of hydrogen-bond donors (Lipinski definition) is 1. The summed E-state index contributed by atoms with van der Waals surface area (Å²) in [5, 5.41) is 2.90. The van der Waals surface area contributed by atoms with E-state index >= 15 is 0 Å². The fraction of sp³-hybridized carbons (Fsp3) is 0.333. The molecular weight excluding hydrogens is 344 g/mol. The lowest BCUT2D eigenvalue weighted by atomic mass is 10.1. The minimum atomic E-state index is -0.107. The predicted octanol–water partition coefficient (Wildman–Crippen LogP) is 3.40. The molecule has 0 unspecified atom stereocenters. The Morgan fingerprint density at radius 3 is 2.70 bits per heavy atom. The molecule has 1 aliphatic rings. The zero-order chi connectivity index (χ0) is 19.2. The molecule has 0 saturated carbocycles. The highest BCUT2D eigenvalue weighted by Gasteiger charge is 2.24. The van der Waals surface area contributed by atoms with E-state index in [1.54, 1.807) is 37.3 Å². The molecule has 1 heterocycles. The number of likely N-dealkylation sites (N-methyl/N-ethyl adjacent to an activating group) is 1. The van der Waals surface area contributed by atoms with Gasteiger partial charge in [0.2, 0.25) is 5.91 Å². The van der Waals surface area contributed by atoms with E-state index in [2.05, 4.69) is 5.32 Å². The standard InChI is InChI=1S/C21H24N2O4/c1-23-18-8-5-7-17(21(18)27-14-20(23)25)22-19(24)9-4-3-6-15-10-12-16(26-2)13-11-15/h5,7-8,10-13H,3-4,6,9,14H2,1-2H3,(H,22,24). The normalized spacial score (nSPS) is 13.0. The topological polar surface area (TPSA) is 67.9 Å². The minimum absolute atomic E-state index is 0.0156. The molecule has 0 spiro atoms. The Morgan fingerprint density at radius 1 is 1.19 bits per heavy atom. The van der Waals surface area contributed by atoms with Gasteiger partial charge in [0.25, 0.3) is 5.91 Å². The van der Waals surface area contributed by atoms with Gasteiger partial charge in [-0.2, -0.15) is 0 Å². The number of methoxy groups -OCH3 is 1. The number of para-hydroxylation sites is 1. The highest BCUT2D eigenvalue weighted by atomic mass is 16.5. The maximum Gasteiger partial charge on any atom is 0.264 e. The summed E-state index contributed by atoms with van der Waals surface area (Å²) in [6.45, 7) is -0.0156. The average molecular weight is 368 g/mol. The fourth-order valence-electron chi connectivity index (χ4n) is 3.02. The summed E-state index contributed by atoms with van der Waals surface area (Å²) in [4.78, 5) is 25.5. The van der Waals surface area contributed by atoms with Gasteiger partial charge in [0, 0.05) is 13.5 Å². The lowest BCUT2D eigenvalue weighted by Gasteiger charge is -2.27. The average Bonchev–Trinajstić information content (AvgIpc) is 2.69. The van der Waals surface area contributed by atoms with Gasteiger partial charge in [0.15, 0.2) is 12.4 Å². The number of ether oxygens (including phenoxy) is 2. The van der Waals surface area contributed by atoms with E-state index in [0.29, 0.717) is 23.5 Å². The molecule has 2 aromatic carbocycles. The molecule has 27 heavy (non-hydrogen) atoms. The maximum absolute atomic E-state index is 12.3. The molecule has 6 heteroatoms. The Labute approximate surface area is 159 Å². The summed E-state index contributed by atoms with van der Waals surface area (Å²) < 4.78 is 10.7. The van der Waals surface area contributed by atoms with Gasteiger partial charge < -0.3 is 19.7 Å². The maximum atomic E-state index is 12.3. The molecule has 3 rings (SSSR count). The largest absolute Gasteiger partial charge is 0.497 e. The van der Waals surface area contributed by atoms with Crippen molar-refractivity contribution in [3.63, 3.8) is 0 Å². The summed E-state index contributed by atoms with van der Waals surface area (Å²) in [7, 11) is 3.35. The molecule has 0 bridgehead atoms. The zero-order valence-electron chi connectivity index (χ0n) is 15.7. The molecule has 1 N–H and O–H groups in total. The number of fused-ring (bicyclic) bond motifs is 1. The molecule has 0 atom stereocenters. The van der Waals surface area contributed by atoms with Gasteiger partial charge in [0.05, 0.1) is 18.5 Å². The molecule has 1 aliphatic heterocycles. The van der Waals surface area contributed by atoms with Gasteiger partial charge in [-0.25, -0.2) is 0 Å². The highest BCUT2D eigenvalue weighted by Crippen LogP contribution is 2.38. The Hall–Kier alpha value is -3.02. The van der Waals surface area contributed by atoms with E-state index in [1.807, 2.05) is 24.3 Å². The van der Waals surface area contributed by atoms with Crippen molar-refractivity contribution in [2.75, 3.05) is 31.0 Å². The van der Waals surface area contributed by atoms with E-state index < -0.39 is 0 Å². The number of nitrogens with zero attached hydrogens (tertiary/aromatic N) is 1. The van der Waals surface area contributed by atoms with Crippen LogP contribution in [-0.4, -0.2) is 32.6 Å². The van der Waals surface area contributed by atoms with Crippen LogP contribution in [0.25, 0.3) is 0 Å². The second-order valence-electron chi connectivity index (χ2n) is 6.50. The molecule has 0 aromatic heterocycles. The number of carbonyl (C=O) groups is 2. The van der Waals surface area contributed by atoms with Crippen molar-refractivity contribution in [1.82, 2.24) is 0 Å². The first-order valence-electron chi connectivity index (χ1n) is 9.03. The Kier molecular flexibility index (Phi) is 5.96. The summed E-state index contributed by atoms with van der Waals surface area (Å²) >= 11 is 0. The van der Waals surface area contributed by atoms with Gasteiger partial charge in [-0.3, -0.25) is 9.59 Å². The van der Waals surface area contributed by atoms with Crippen molar-refractivity contribution < 1.29 is 19.1 Å². The highest BCUT2D eigenvalue weighted by molar-refractivity contribution is 6.01. The van der Waals surface area contributed by atoms with Crippen LogP contribution in [0.5, 0.6) is 11.5 Å². The van der Waals surface area contributed by atoms with Crippen LogP contribution < -0.4 is 19.7 Å². The van der Waals surface area contributed by atoms with Crippen LogP contribution in [0.2, 0.25) is 0 Å². The first-order chi connectivity index (χ1) is 13.1. The lowest BCUT2D eigenvalue weighted by molar-refractivity contribution is -0.121. The second-order valence-corrected chi connectivity index (χ2v) is 6.50. The number of rotatable bonds is 7. The van der Waals surface area contributed by atoms with Crippen LogP contribution in [0.1, 0.15) is 24.8 Å². The van der Waals surface area contributed by atoms with Gasteiger partial charge in [-0.15, -0.1) is 0 Å². The number of aryl methyl sites for hydroxylation is 1. The SMILES string of the molecule is COc1ccc(CCCCC(=O)Nc2cccc3c2OCC(=O)N3C)cc1. The van der Waals surface area contributed by atoms with Gasteiger partial charge in [0.1, 0.15) is 5.75 Å². The summed E-state index contributed by atoms with van der Waals surface area (Å²) in [5.41, 5.74) is 2.50. The van der Waals surface area contributed by atoms with Crippen LogP contribution in [0.4, 0.5) is 11.4 Å². The van der Waals surface area contributed by atoms with Gasteiger partial charge >= 0.3 is 0 Å². The van der Waals surface area contributed by atoms with Crippen molar-refractivity contribution in [3.8, 4) is 11.5 Å². The zero-order valence-corrected chi connectivity index (χ0v) is 15.7. The Bertz CT molecular complexity index is 817. The Balaban J connectivity index is 1.49. The number of carbonyl (C=O) groups excluding carboxylic acids is 2. The quantitative estimate of drug-likeness (QED) is 0.761. The van der Waals surface area contributed by atoms with Crippen molar-refractivity contribution in [3.05, 3.63) is 48.0 Å². The molecular formula is C21H24N2O4. The van der Waals surface area contributed by atoms with Crippen molar-refractivity contribution in [1.29, 1.82) is 0 Å². The van der Waals surface area contributed by atoms with E-state index in [0.717, 1.165) is 25.0 Å². The number of amides is 2. The monoisotopic (exact) mass is 368 g/mol. The van der Waals surface area contributed by atoms with Crippen molar-refractivity contribution >= 4 is 23.2 Å². The van der Waals surface area contributed by atoms with Crippen LogP contribution in [0, 0.1) is 0 Å². The Morgan fingerprint density at radius 2 is 1.96 bits per heavy atom. The molecule has 142 valence electrons. The number of nitrogens with one attached hydrogen (secondary N) is 1. The smallest absolute Gasteiger partial charge is 0.264 e. The first kappa shape index (κ1) is 18.8. The summed E-state index contributed by atoms with van der Waals surface area (Å²) in [6, 6.07) is 13.4. The number of benzene rings is 2. The molecule has 0 fully saturated rings. The van der Waals surface area contributed by atoms with Gasteiger partial charge in [-0.05, 0) is 49.1 Å². The number of unbranched alkanes of at least 4 members (excludes halogenated alkanes) is 1. The molecule has 2 aromatic rings. The molecule has 0 radical (unpaired) electrons. The lowest BCUT2D eigenvalue weighted by Crippen LogP contribution is -2.35. The minimum Gasteiger partial charge on any atom is -0.497 e. The second kappa shape index (κ2) is 8.58. The van der Waals surface area contributed by atoms with Crippen LogP contribution in [-0.2, 0) is 16.0 Å².